The number of primary amides is 1. The fourth-order valence-electron chi connectivity index (χ4n) is 1.32. The van der Waals surface area contributed by atoms with Gasteiger partial charge in [0.2, 0.25) is 5.91 Å². The number of hydrogen-bond donors (Lipinski definition) is 3. The van der Waals surface area contributed by atoms with E-state index in [2.05, 4.69) is 10.1 Å². The van der Waals surface area contributed by atoms with Gasteiger partial charge in [0.05, 0.1) is 13.7 Å². The van der Waals surface area contributed by atoms with Gasteiger partial charge >= 0.3 is 5.97 Å². The number of amides is 1. The summed E-state index contributed by atoms with van der Waals surface area (Å²) in [5, 5.41) is 12.6. The molecule has 0 aliphatic carbocycles. The molecule has 1 amide bonds. The van der Waals surface area contributed by atoms with Crippen molar-refractivity contribution in [3.05, 3.63) is 29.8 Å². The minimum absolute atomic E-state index is 0.00437. The summed E-state index contributed by atoms with van der Waals surface area (Å²) in [6.07, 6.45) is 0. The van der Waals surface area contributed by atoms with E-state index in [0.29, 0.717) is 11.3 Å². The molecule has 1 rings (SSSR count). The maximum Gasteiger partial charge on any atom is 0.339 e. The molecule has 0 spiro atoms. The Bertz CT molecular complexity index is 440. The molecule has 0 saturated carbocycles. The van der Waals surface area contributed by atoms with Gasteiger partial charge in [-0.25, -0.2) is 4.79 Å². The Balaban J connectivity index is 2.64. The summed E-state index contributed by atoms with van der Waals surface area (Å²) in [7, 11) is 1.21. The summed E-state index contributed by atoms with van der Waals surface area (Å²) in [4.78, 5) is 22.1. The van der Waals surface area contributed by atoms with Crippen molar-refractivity contribution in [2.75, 3.05) is 19.0 Å². The Labute approximate surface area is 105 Å². The molecule has 0 radical (unpaired) electrons. The lowest BCUT2D eigenvalue weighted by Crippen LogP contribution is -2.42. The number of methoxy groups -OCH3 is 1. The van der Waals surface area contributed by atoms with Crippen molar-refractivity contribution < 1.29 is 19.4 Å². The number of rotatable bonds is 5. The van der Waals surface area contributed by atoms with Crippen LogP contribution < -0.4 is 11.1 Å². The third-order valence-electron chi connectivity index (χ3n) is 2.43. The molecular weight excluding hydrogens is 236 g/mol. The van der Waals surface area contributed by atoms with Gasteiger partial charge in [-0.05, 0) is 31.2 Å². The Morgan fingerprint density at radius 2 is 1.94 bits per heavy atom. The summed E-state index contributed by atoms with van der Waals surface area (Å²) < 4.78 is 4.46. The first kappa shape index (κ1) is 14.0. The van der Waals surface area contributed by atoms with E-state index >= 15 is 0 Å². The van der Waals surface area contributed by atoms with Crippen LogP contribution in [0.5, 0.6) is 0 Å². The summed E-state index contributed by atoms with van der Waals surface area (Å²) >= 11 is 0. The maximum absolute atomic E-state index is 11.2. The van der Waals surface area contributed by atoms with Gasteiger partial charge in [0.15, 0.2) is 5.60 Å². The van der Waals surface area contributed by atoms with Gasteiger partial charge in [0, 0.05) is 11.3 Å². The molecule has 0 saturated heterocycles. The molecule has 0 heterocycles. The summed E-state index contributed by atoms with van der Waals surface area (Å²) in [6.45, 7) is 1.35. The predicted octanol–water partition coefficient (Wildman–Crippen LogP) is 0.121. The third-order valence-corrected chi connectivity index (χ3v) is 2.43. The van der Waals surface area contributed by atoms with E-state index in [1.165, 1.54) is 14.0 Å². The van der Waals surface area contributed by atoms with Crippen LogP contribution in [0, 0.1) is 0 Å². The molecule has 6 nitrogen and oxygen atoms in total. The summed E-state index contributed by atoms with van der Waals surface area (Å²) in [5.41, 5.74) is 4.54. The van der Waals surface area contributed by atoms with Crippen LogP contribution in [0.4, 0.5) is 5.69 Å². The second-order valence-electron chi connectivity index (χ2n) is 4.06. The molecular formula is C12H16N2O4. The van der Waals surface area contributed by atoms with Gasteiger partial charge in [0.1, 0.15) is 0 Å². The quantitative estimate of drug-likeness (QED) is 0.646. The van der Waals surface area contributed by atoms with Gasteiger partial charge < -0.3 is 20.9 Å². The number of anilines is 1. The lowest BCUT2D eigenvalue weighted by molar-refractivity contribution is -0.158. The van der Waals surface area contributed by atoms with Crippen LogP contribution >= 0.6 is 0 Å². The third kappa shape index (κ3) is 3.46. The van der Waals surface area contributed by atoms with Gasteiger partial charge in [-0.15, -0.1) is 0 Å². The minimum atomic E-state index is -1.61. The standard InChI is InChI=1S/C12H16N2O4/c1-12(17,11(16)18-2)7-14-9-5-3-8(4-6-9)10(13)15/h3-6,14,17H,7H2,1-2H3,(H2,13,15). The van der Waals surface area contributed by atoms with Crippen LogP contribution in [0.25, 0.3) is 0 Å². The van der Waals surface area contributed by atoms with Crippen LogP contribution in [0.1, 0.15) is 17.3 Å². The summed E-state index contributed by atoms with van der Waals surface area (Å²) in [5.74, 6) is -1.23. The van der Waals surface area contributed by atoms with E-state index < -0.39 is 17.5 Å². The van der Waals surface area contributed by atoms with E-state index in [0.717, 1.165) is 0 Å². The highest BCUT2D eigenvalue weighted by Gasteiger charge is 2.31. The maximum atomic E-state index is 11.2. The Hall–Kier alpha value is -2.08. The molecule has 1 aromatic carbocycles. The number of benzene rings is 1. The largest absolute Gasteiger partial charge is 0.467 e. The number of aliphatic hydroxyl groups is 1. The molecule has 98 valence electrons. The number of carbonyl (C=O) groups is 2. The van der Waals surface area contributed by atoms with Gasteiger partial charge in [-0.2, -0.15) is 0 Å². The molecule has 1 atom stereocenters. The Kier molecular flexibility index (Phi) is 4.28. The van der Waals surface area contributed by atoms with E-state index in [-0.39, 0.29) is 6.54 Å². The smallest absolute Gasteiger partial charge is 0.339 e. The van der Waals surface area contributed by atoms with Crippen LogP contribution in [0.15, 0.2) is 24.3 Å². The number of nitrogens with two attached hydrogens (primary N) is 1. The molecule has 6 heteroatoms. The van der Waals surface area contributed by atoms with E-state index in [4.69, 9.17) is 5.73 Å². The average molecular weight is 252 g/mol. The normalized spacial score (nSPS) is 13.5. The van der Waals surface area contributed by atoms with Crippen molar-refractivity contribution in [1.82, 2.24) is 0 Å². The zero-order valence-electron chi connectivity index (χ0n) is 10.3. The molecule has 18 heavy (non-hydrogen) atoms. The predicted molar refractivity (Wildman–Crippen MR) is 66.1 cm³/mol. The molecule has 1 aromatic rings. The number of nitrogens with one attached hydrogen (secondary N) is 1. The first-order valence-corrected chi connectivity index (χ1v) is 5.31. The molecule has 0 fully saturated rings. The van der Waals surface area contributed by atoms with Crippen molar-refractivity contribution in [3.63, 3.8) is 0 Å². The van der Waals surface area contributed by atoms with Crippen LogP contribution in [-0.4, -0.2) is 36.2 Å². The van der Waals surface area contributed by atoms with Crippen LogP contribution in [0.3, 0.4) is 0 Å². The van der Waals surface area contributed by atoms with Crippen molar-refractivity contribution in [2.24, 2.45) is 5.73 Å². The second-order valence-corrected chi connectivity index (χ2v) is 4.06. The van der Waals surface area contributed by atoms with Crippen molar-refractivity contribution in [2.45, 2.75) is 12.5 Å². The lowest BCUT2D eigenvalue weighted by Gasteiger charge is -2.21. The van der Waals surface area contributed by atoms with E-state index in [1.807, 2.05) is 0 Å². The van der Waals surface area contributed by atoms with Crippen LogP contribution in [-0.2, 0) is 9.53 Å². The van der Waals surface area contributed by atoms with Gasteiger partial charge in [0.25, 0.3) is 0 Å². The molecule has 4 N–H and O–H groups in total. The zero-order valence-corrected chi connectivity index (χ0v) is 10.3. The van der Waals surface area contributed by atoms with Crippen LogP contribution in [0.2, 0.25) is 0 Å². The van der Waals surface area contributed by atoms with Gasteiger partial charge in [-0.1, -0.05) is 0 Å². The number of ether oxygens (including phenoxy) is 1. The molecule has 0 aliphatic rings. The summed E-state index contributed by atoms with van der Waals surface area (Å²) in [6, 6.07) is 6.37. The second kappa shape index (κ2) is 5.50. The topological polar surface area (TPSA) is 102 Å². The fraction of sp³-hybridized carbons (Fsp3) is 0.333. The lowest BCUT2D eigenvalue weighted by atomic mass is 10.1. The number of hydrogen-bond acceptors (Lipinski definition) is 5. The fourth-order valence-corrected chi connectivity index (χ4v) is 1.32. The highest BCUT2D eigenvalue weighted by Crippen LogP contribution is 2.12. The molecule has 0 aromatic heterocycles. The highest BCUT2D eigenvalue weighted by atomic mass is 16.5. The monoisotopic (exact) mass is 252 g/mol. The minimum Gasteiger partial charge on any atom is -0.467 e. The van der Waals surface area contributed by atoms with E-state index in [9.17, 15) is 14.7 Å². The first-order chi connectivity index (χ1) is 8.36. The first-order valence-electron chi connectivity index (χ1n) is 5.31. The molecule has 0 aliphatic heterocycles. The molecule has 0 bridgehead atoms. The Morgan fingerprint density at radius 3 is 2.39 bits per heavy atom. The van der Waals surface area contributed by atoms with Crippen molar-refractivity contribution >= 4 is 17.6 Å². The van der Waals surface area contributed by atoms with E-state index in [1.54, 1.807) is 24.3 Å². The SMILES string of the molecule is COC(=O)C(C)(O)CNc1ccc(C(N)=O)cc1. The van der Waals surface area contributed by atoms with Crippen molar-refractivity contribution in [1.29, 1.82) is 0 Å². The zero-order chi connectivity index (χ0) is 13.8. The molecule has 1 unspecified atom stereocenters. The average Bonchev–Trinajstić information content (AvgIpc) is 2.35. The van der Waals surface area contributed by atoms with Crippen molar-refractivity contribution in [3.8, 4) is 0 Å². The highest BCUT2D eigenvalue weighted by molar-refractivity contribution is 5.93. The number of esters is 1. The van der Waals surface area contributed by atoms with Gasteiger partial charge in [-0.3, -0.25) is 4.79 Å². The number of carbonyl (C=O) groups excluding carboxylic acids is 2. The Morgan fingerprint density at radius 1 is 1.39 bits per heavy atom.